The van der Waals surface area contributed by atoms with Crippen LogP contribution in [-0.4, -0.2) is 23.9 Å². The fraction of sp³-hybridized carbons (Fsp3) is 0.429. The van der Waals surface area contributed by atoms with Crippen LogP contribution in [0.15, 0.2) is 48.5 Å². The minimum absolute atomic E-state index is 0.0722. The van der Waals surface area contributed by atoms with Gasteiger partial charge in [0.25, 0.3) is 0 Å². The lowest BCUT2D eigenvalue weighted by Crippen LogP contribution is -2.41. The van der Waals surface area contributed by atoms with Crippen molar-refractivity contribution in [1.29, 1.82) is 0 Å². The highest BCUT2D eigenvalue weighted by Gasteiger charge is 2.23. The van der Waals surface area contributed by atoms with Crippen molar-refractivity contribution in [2.24, 2.45) is 0 Å². The Morgan fingerprint density at radius 1 is 0.960 bits per heavy atom. The van der Waals surface area contributed by atoms with Gasteiger partial charge in [0.2, 0.25) is 0 Å². The molecule has 0 unspecified atom stereocenters. The van der Waals surface area contributed by atoms with Gasteiger partial charge in [0.1, 0.15) is 6.61 Å². The fourth-order valence-electron chi connectivity index (χ4n) is 3.63. The van der Waals surface area contributed by atoms with Gasteiger partial charge in [0, 0.05) is 12.6 Å². The minimum atomic E-state index is -0.208. The molecule has 4 rings (SSSR count). The standard InChI is InChI=1S/C21H25NO3/c23-18-6-2-1-5-17(18)22-13-15-9-11-16(12-10-15)21-14-24-19-7-3-4-8-20(19)25-21/h3-4,7-12,17-18,21-23H,1-2,5-6,13-14H2/t17-,18-,21-/m1/s1. The van der Waals surface area contributed by atoms with E-state index in [0.717, 1.165) is 42.9 Å². The molecule has 2 aromatic carbocycles. The van der Waals surface area contributed by atoms with Gasteiger partial charge in [-0.3, -0.25) is 0 Å². The van der Waals surface area contributed by atoms with Gasteiger partial charge in [-0.2, -0.15) is 0 Å². The number of aliphatic hydroxyl groups is 1. The Morgan fingerprint density at radius 2 is 1.72 bits per heavy atom. The summed E-state index contributed by atoms with van der Waals surface area (Å²) in [4.78, 5) is 0. The summed E-state index contributed by atoms with van der Waals surface area (Å²) >= 11 is 0. The molecule has 132 valence electrons. The summed E-state index contributed by atoms with van der Waals surface area (Å²) in [6.07, 6.45) is 4.04. The molecule has 2 N–H and O–H groups in total. The molecule has 1 heterocycles. The zero-order chi connectivity index (χ0) is 17.1. The van der Waals surface area contributed by atoms with Crippen molar-refractivity contribution < 1.29 is 14.6 Å². The van der Waals surface area contributed by atoms with Crippen LogP contribution in [0.4, 0.5) is 0 Å². The molecule has 1 aliphatic heterocycles. The molecule has 0 amide bonds. The van der Waals surface area contributed by atoms with E-state index in [4.69, 9.17) is 9.47 Å². The van der Waals surface area contributed by atoms with Crippen LogP contribution in [0.25, 0.3) is 0 Å². The Bertz CT molecular complexity index is 701. The van der Waals surface area contributed by atoms with E-state index in [1.807, 2.05) is 24.3 Å². The van der Waals surface area contributed by atoms with Crippen molar-refractivity contribution in [2.75, 3.05) is 6.61 Å². The number of hydrogen-bond acceptors (Lipinski definition) is 4. The highest BCUT2D eigenvalue weighted by Crippen LogP contribution is 2.35. The van der Waals surface area contributed by atoms with Crippen molar-refractivity contribution in [3.8, 4) is 11.5 Å². The predicted octanol–water partition coefficient (Wildman–Crippen LogP) is 3.59. The van der Waals surface area contributed by atoms with Crippen molar-refractivity contribution in [3.05, 3.63) is 59.7 Å². The van der Waals surface area contributed by atoms with Crippen LogP contribution >= 0.6 is 0 Å². The lowest BCUT2D eigenvalue weighted by atomic mass is 9.92. The second kappa shape index (κ2) is 7.46. The SMILES string of the molecule is O[C@@H]1CCCC[C@H]1NCc1ccc([C@H]2COc3ccccc3O2)cc1. The zero-order valence-corrected chi connectivity index (χ0v) is 14.4. The maximum atomic E-state index is 10.0. The quantitative estimate of drug-likeness (QED) is 0.894. The second-order valence-corrected chi connectivity index (χ2v) is 6.95. The van der Waals surface area contributed by atoms with Gasteiger partial charge >= 0.3 is 0 Å². The number of fused-ring (bicyclic) bond motifs is 1. The summed E-state index contributed by atoms with van der Waals surface area (Å²) in [5.41, 5.74) is 2.34. The van der Waals surface area contributed by atoms with E-state index in [2.05, 4.69) is 29.6 Å². The van der Waals surface area contributed by atoms with Crippen LogP contribution in [0.1, 0.15) is 42.9 Å². The Labute approximate surface area is 148 Å². The zero-order valence-electron chi connectivity index (χ0n) is 14.4. The number of nitrogens with one attached hydrogen (secondary N) is 1. The van der Waals surface area contributed by atoms with E-state index in [0.29, 0.717) is 6.61 Å². The first-order valence-electron chi connectivity index (χ1n) is 9.18. The fourth-order valence-corrected chi connectivity index (χ4v) is 3.63. The summed E-state index contributed by atoms with van der Waals surface area (Å²) in [7, 11) is 0. The van der Waals surface area contributed by atoms with Gasteiger partial charge in [-0.25, -0.2) is 0 Å². The number of para-hydroxylation sites is 2. The third kappa shape index (κ3) is 3.80. The van der Waals surface area contributed by atoms with Crippen LogP contribution in [0, 0.1) is 0 Å². The van der Waals surface area contributed by atoms with Gasteiger partial charge in [0.15, 0.2) is 17.6 Å². The number of hydrogen-bond donors (Lipinski definition) is 2. The number of rotatable bonds is 4. The summed E-state index contributed by atoms with van der Waals surface area (Å²) in [6.45, 7) is 1.32. The molecule has 1 fully saturated rings. The Balaban J connectivity index is 1.36. The molecule has 4 nitrogen and oxygen atoms in total. The van der Waals surface area contributed by atoms with Crippen LogP contribution in [0.3, 0.4) is 0 Å². The summed E-state index contributed by atoms with van der Waals surface area (Å²) in [5, 5.41) is 13.5. The Morgan fingerprint density at radius 3 is 2.52 bits per heavy atom. The number of ether oxygens (including phenoxy) is 2. The third-order valence-electron chi connectivity index (χ3n) is 5.16. The molecule has 2 aromatic rings. The van der Waals surface area contributed by atoms with Gasteiger partial charge < -0.3 is 19.9 Å². The van der Waals surface area contributed by atoms with E-state index in [1.165, 1.54) is 12.0 Å². The van der Waals surface area contributed by atoms with Gasteiger partial charge in [-0.05, 0) is 36.1 Å². The average Bonchev–Trinajstić information content (AvgIpc) is 2.67. The molecule has 0 saturated heterocycles. The topological polar surface area (TPSA) is 50.7 Å². The molecular weight excluding hydrogens is 314 g/mol. The third-order valence-corrected chi connectivity index (χ3v) is 5.16. The molecule has 25 heavy (non-hydrogen) atoms. The number of aliphatic hydroxyl groups excluding tert-OH is 1. The maximum Gasteiger partial charge on any atom is 0.162 e. The molecular formula is C21H25NO3. The van der Waals surface area contributed by atoms with Gasteiger partial charge in [-0.1, -0.05) is 49.2 Å². The van der Waals surface area contributed by atoms with Crippen LogP contribution in [0.2, 0.25) is 0 Å². The van der Waals surface area contributed by atoms with Gasteiger partial charge in [0.05, 0.1) is 6.10 Å². The molecule has 3 atom stereocenters. The highest BCUT2D eigenvalue weighted by molar-refractivity contribution is 5.41. The Hall–Kier alpha value is -2.04. The largest absolute Gasteiger partial charge is 0.485 e. The first-order chi connectivity index (χ1) is 12.3. The van der Waals surface area contributed by atoms with Crippen LogP contribution < -0.4 is 14.8 Å². The molecule has 0 spiro atoms. The van der Waals surface area contributed by atoms with Crippen molar-refractivity contribution in [1.82, 2.24) is 5.32 Å². The van der Waals surface area contributed by atoms with E-state index in [9.17, 15) is 5.11 Å². The molecule has 0 radical (unpaired) electrons. The van der Waals surface area contributed by atoms with Crippen LogP contribution in [0.5, 0.6) is 11.5 Å². The molecule has 1 aliphatic carbocycles. The lowest BCUT2D eigenvalue weighted by Gasteiger charge is -2.28. The maximum absolute atomic E-state index is 10.0. The second-order valence-electron chi connectivity index (χ2n) is 6.95. The molecule has 0 bridgehead atoms. The van der Waals surface area contributed by atoms with Crippen molar-refractivity contribution >= 4 is 0 Å². The normalized spacial score (nSPS) is 25.6. The average molecular weight is 339 g/mol. The van der Waals surface area contributed by atoms with E-state index < -0.39 is 0 Å². The highest BCUT2D eigenvalue weighted by atomic mass is 16.6. The summed E-state index contributed by atoms with van der Waals surface area (Å²) in [5.74, 6) is 1.61. The molecule has 2 aliphatic rings. The molecule has 1 saturated carbocycles. The van der Waals surface area contributed by atoms with Crippen molar-refractivity contribution in [3.63, 3.8) is 0 Å². The smallest absolute Gasteiger partial charge is 0.162 e. The summed E-state index contributed by atoms with van der Waals surface area (Å²) in [6, 6.07) is 16.5. The lowest BCUT2D eigenvalue weighted by molar-refractivity contribution is 0.0900. The van der Waals surface area contributed by atoms with E-state index in [1.54, 1.807) is 0 Å². The van der Waals surface area contributed by atoms with E-state index in [-0.39, 0.29) is 18.2 Å². The van der Waals surface area contributed by atoms with Crippen molar-refractivity contribution in [2.45, 2.75) is 50.5 Å². The van der Waals surface area contributed by atoms with E-state index >= 15 is 0 Å². The monoisotopic (exact) mass is 339 g/mol. The summed E-state index contributed by atoms with van der Waals surface area (Å²) < 4.78 is 11.8. The molecule has 0 aromatic heterocycles. The number of benzene rings is 2. The van der Waals surface area contributed by atoms with Gasteiger partial charge in [-0.15, -0.1) is 0 Å². The van der Waals surface area contributed by atoms with Crippen LogP contribution in [-0.2, 0) is 6.54 Å². The first kappa shape index (κ1) is 16.4. The predicted molar refractivity (Wildman–Crippen MR) is 96.9 cm³/mol. The molecule has 4 heteroatoms. The Kier molecular flexibility index (Phi) is 4.90. The first-order valence-corrected chi connectivity index (χ1v) is 9.18. The minimum Gasteiger partial charge on any atom is -0.485 e.